The van der Waals surface area contributed by atoms with E-state index in [1.807, 2.05) is 28.1 Å². The number of benzene rings is 2. The number of hydrogen-bond donors (Lipinski definition) is 1. The Morgan fingerprint density at radius 1 is 1.00 bits per heavy atom. The molecule has 4 aromatic rings. The molecule has 1 saturated heterocycles. The molecule has 2 aromatic carbocycles. The molecule has 0 spiro atoms. The minimum absolute atomic E-state index is 0.0312. The number of aryl methyl sites for hydroxylation is 1. The summed E-state index contributed by atoms with van der Waals surface area (Å²) in [6.07, 6.45) is 14.5. The molecule has 8 rings (SSSR count). The van der Waals surface area contributed by atoms with Gasteiger partial charge in [0.25, 0.3) is 0 Å². The van der Waals surface area contributed by atoms with Gasteiger partial charge >= 0.3 is 0 Å². The first-order chi connectivity index (χ1) is 19.7. The molecule has 2 aliphatic carbocycles. The summed E-state index contributed by atoms with van der Waals surface area (Å²) in [7, 11) is 0. The molecular formula is C32H32FN5O2. The topological polar surface area (TPSA) is 76.3 Å². The summed E-state index contributed by atoms with van der Waals surface area (Å²) >= 11 is 0. The van der Waals surface area contributed by atoms with Gasteiger partial charge in [-0.3, -0.25) is 0 Å². The minimum atomic E-state index is -1.02. The summed E-state index contributed by atoms with van der Waals surface area (Å²) in [6.45, 7) is 0.747. The van der Waals surface area contributed by atoms with Gasteiger partial charge in [0.05, 0.1) is 23.3 Å². The van der Waals surface area contributed by atoms with Crippen LogP contribution in [-0.2, 0) is 11.2 Å². The number of hydrogen-bond acceptors (Lipinski definition) is 6. The third-order valence-electron chi connectivity index (χ3n) is 9.08. The third-order valence-corrected chi connectivity index (χ3v) is 9.08. The van der Waals surface area contributed by atoms with E-state index in [0.717, 1.165) is 91.4 Å². The molecule has 204 valence electrons. The zero-order chi connectivity index (χ0) is 26.8. The molecule has 2 fully saturated rings. The molecule has 0 amide bonds. The van der Waals surface area contributed by atoms with Crippen molar-refractivity contribution in [1.29, 1.82) is 0 Å². The highest BCUT2D eigenvalue weighted by atomic mass is 19.1. The van der Waals surface area contributed by atoms with E-state index in [9.17, 15) is 5.11 Å². The van der Waals surface area contributed by atoms with Crippen LogP contribution in [0, 0.1) is 5.82 Å². The fraction of sp³-hybridized carbons (Fsp3) is 0.406. The predicted molar refractivity (Wildman–Crippen MR) is 149 cm³/mol. The Kier molecular flexibility index (Phi) is 5.74. The van der Waals surface area contributed by atoms with Gasteiger partial charge in [-0.15, -0.1) is 0 Å². The van der Waals surface area contributed by atoms with Crippen molar-refractivity contribution in [3.8, 4) is 11.3 Å². The van der Waals surface area contributed by atoms with Crippen molar-refractivity contribution in [3.63, 3.8) is 0 Å². The number of fused-ring (bicyclic) bond motifs is 3. The molecule has 40 heavy (non-hydrogen) atoms. The Bertz CT molecular complexity index is 1640. The maximum absolute atomic E-state index is 15.2. The van der Waals surface area contributed by atoms with Crippen LogP contribution in [0.15, 0.2) is 49.1 Å². The lowest BCUT2D eigenvalue weighted by Gasteiger charge is -2.40. The molecule has 2 aliphatic heterocycles. The van der Waals surface area contributed by atoms with Crippen LogP contribution in [0.5, 0.6) is 0 Å². The number of ether oxygens (including phenoxy) is 1. The van der Waals surface area contributed by atoms with E-state index >= 15 is 4.39 Å². The second kappa shape index (κ2) is 9.49. The Hall–Kier alpha value is -3.62. The van der Waals surface area contributed by atoms with Crippen LogP contribution in [0.2, 0.25) is 0 Å². The zero-order valence-electron chi connectivity index (χ0n) is 22.3. The van der Waals surface area contributed by atoms with Crippen LogP contribution in [0.1, 0.15) is 97.2 Å². The summed E-state index contributed by atoms with van der Waals surface area (Å²) in [6, 6.07) is 10.1. The molecule has 3 unspecified atom stereocenters. The van der Waals surface area contributed by atoms with Crippen molar-refractivity contribution >= 4 is 17.1 Å². The van der Waals surface area contributed by atoms with Gasteiger partial charge in [-0.25, -0.2) is 19.0 Å². The molecule has 4 aliphatic rings. The van der Waals surface area contributed by atoms with E-state index in [4.69, 9.17) is 4.74 Å². The average molecular weight is 538 g/mol. The van der Waals surface area contributed by atoms with Crippen molar-refractivity contribution in [3.05, 3.63) is 82.7 Å². The first kappa shape index (κ1) is 24.2. The third kappa shape index (κ3) is 3.96. The lowest BCUT2D eigenvalue weighted by molar-refractivity contribution is -0.0370. The quantitative estimate of drug-likeness (QED) is 0.318. The maximum Gasteiger partial charge on any atom is 0.164 e. The highest BCUT2D eigenvalue weighted by Crippen LogP contribution is 2.46. The molecular weight excluding hydrogens is 505 g/mol. The highest BCUT2D eigenvalue weighted by molar-refractivity contribution is 5.90. The Morgan fingerprint density at radius 2 is 1.93 bits per heavy atom. The van der Waals surface area contributed by atoms with Crippen molar-refractivity contribution in [2.45, 2.75) is 75.8 Å². The lowest BCUT2D eigenvalue weighted by Crippen LogP contribution is -2.33. The Morgan fingerprint density at radius 3 is 2.77 bits per heavy atom. The van der Waals surface area contributed by atoms with Gasteiger partial charge in [-0.2, -0.15) is 5.10 Å². The van der Waals surface area contributed by atoms with Crippen LogP contribution in [-0.4, -0.2) is 36.4 Å². The number of rotatable bonds is 4. The fourth-order valence-corrected chi connectivity index (χ4v) is 6.86. The standard InChI is InChI=1S/C32H32FN5O2/c33-26-16-23(19-7-8-19)15-21-11-12-37(32(39)29(21)26)27-5-3-4-20-14-22(9-10-24(20)27)30-25-17-36-38(31(25)35-18-34-30)28-6-1-2-13-40-28/h9-12,14-19,27-28,32,39H,1-8,13H2. The van der Waals surface area contributed by atoms with Gasteiger partial charge in [0.1, 0.15) is 12.1 Å². The monoisotopic (exact) mass is 537 g/mol. The number of halogens is 1. The molecule has 2 aromatic heterocycles. The summed E-state index contributed by atoms with van der Waals surface area (Å²) in [5.74, 6) is 0.161. The number of aliphatic hydroxyl groups is 1. The van der Waals surface area contributed by atoms with Crippen molar-refractivity contribution in [2.24, 2.45) is 0 Å². The molecule has 1 N–H and O–H groups in total. The van der Waals surface area contributed by atoms with E-state index in [1.54, 1.807) is 12.4 Å². The van der Waals surface area contributed by atoms with E-state index in [0.29, 0.717) is 11.5 Å². The van der Waals surface area contributed by atoms with E-state index in [1.165, 1.54) is 11.1 Å². The van der Waals surface area contributed by atoms with Crippen molar-refractivity contribution in [1.82, 2.24) is 24.6 Å². The molecule has 0 bridgehead atoms. The fourth-order valence-electron chi connectivity index (χ4n) is 6.86. The van der Waals surface area contributed by atoms with Gasteiger partial charge in [-0.05, 0) is 97.7 Å². The summed E-state index contributed by atoms with van der Waals surface area (Å²) in [5, 5.41) is 16.9. The number of nitrogens with zero attached hydrogens (tertiary/aromatic N) is 5. The highest BCUT2D eigenvalue weighted by Gasteiger charge is 2.35. The average Bonchev–Trinajstić information content (AvgIpc) is 3.75. The SMILES string of the molecule is OC1c2c(F)cc(C3CC3)cc2C=CN1C1CCCc2cc(-c3ncnc4c3cnn4C3CCCCO3)ccc21. The smallest absolute Gasteiger partial charge is 0.164 e. The van der Waals surface area contributed by atoms with E-state index in [-0.39, 0.29) is 18.1 Å². The first-order valence-electron chi connectivity index (χ1n) is 14.6. The predicted octanol–water partition coefficient (Wildman–Crippen LogP) is 6.56. The Balaban J connectivity index is 1.12. The van der Waals surface area contributed by atoms with Gasteiger partial charge in [0.2, 0.25) is 0 Å². The van der Waals surface area contributed by atoms with Gasteiger partial charge < -0.3 is 14.7 Å². The lowest BCUT2D eigenvalue weighted by atomic mass is 9.84. The van der Waals surface area contributed by atoms with Gasteiger partial charge in [0, 0.05) is 23.9 Å². The van der Waals surface area contributed by atoms with Crippen LogP contribution in [0.3, 0.4) is 0 Å². The van der Waals surface area contributed by atoms with Gasteiger partial charge in [-0.1, -0.05) is 18.2 Å². The number of aromatic nitrogens is 4. The van der Waals surface area contributed by atoms with Crippen LogP contribution in [0.4, 0.5) is 4.39 Å². The second-order valence-electron chi connectivity index (χ2n) is 11.6. The molecule has 1 saturated carbocycles. The number of aliphatic hydroxyl groups excluding tert-OH is 1. The van der Waals surface area contributed by atoms with Crippen molar-refractivity contribution < 1.29 is 14.2 Å². The second-order valence-corrected chi connectivity index (χ2v) is 11.6. The minimum Gasteiger partial charge on any atom is -0.369 e. The molecule has 7 nitrogen and oxygen atoms in total. The molecule has 3 atom stereocenters. The van der Waals surface area contributed by atoms with Crippen LogP contribution >= 0.6 is 0 Å². The molecule has 4 heterocycles. The zero-order valence-corrected chi connectivity index (χ0v) is 22.3. The largest absolute Gasteiger partial charge is 0.369 e. The van der Waals surface area contributed by atoms with E-state index in [2.05, 4.69) is 39.3 Å². The van der Waals surface area contributed by atoms with Crippen LogP contribution < -0.4 is 0 Å². The summed E-state index contributed by atoms with van der Waals surface area (Å²) in [4.78, 5) is 11.1. The molecule has 8 heteroatoms. The first-order valence-corrected chi connectivity index (χ1v) is 14.6. The van der Waals surface area contributed by atoms with Gasteiger partial charge in [0.15, 0.2) is 18.1 Å². The van der Waals surface area contributed by atoms with E-state index < -0.39 is 6.23 Å². The maximum atomic E-state index is 15.2. The summed E-state index contributed by atoms with van der Waals surface area (Å²) < 4.78 is 23.1. The normalized spacial score (nSPS) is 24.2. The van der Waals surface area contributed by atoms with Crippen molar-refractivity contribution in [2.75, 3.05) is 6.61 Å². The summed E-state index contributed by atoms with van der Waals surface area (Å²) in [5.41, 5.74) is 7.31. The molecule has 0 radical (unpaired) electrons. The Labute approximate surface area is 232 Å². The van der Waals surface area contributed by atoms with Crippen LogP contribution in [0.25, 0.3) is 28.4 Å².